The molecule has 1 aliphatic rings. The molecule has 1 N–H and O–H groups in total. The zero-order valence-corrected chi connectivity index (χ0v) is 13.9. The fraction of sp³-hybridized carbons (Fsp3) is 0.556. The van der Waals surface area contributed by atoms with Gasteiger partial charge in [0.25, 0.3) is 0 Å². The van der Waals surface area contributed by atoms with Crippen molar-refractivity contribution in [2.45, 2.75) is 39.0 Å². The molecule has 0 aromatic heterocycles. The second-order valence-electron chi connectivity index (χ2n) is 6.46. The van der Waals surface area contributed by atoms with Crippen molar-refractivity contribution in [2.75, 3.05) is 19.6 Å². The molecule has 1 aromatic carbocycles. The smallest absolute Gasteiger partial charge is 0.225 e. The zero-order chi connectivity index (χ0) is 16.8. The molecule has 2 unspecified atom stereocenters. The maximum Gasteiger partial charge on any atom is 0.225 e. The standard InChI is InChI=1S/C18H25N3O2/c1-14(2)17(22)10-18(23)21-9-8-20(16(11-19)13-21)12-15-6-4-3-5-7-15/h3-7,14,16-17,22H,8-10,12-13H2,1-2H3. The van der Waals surface area contributed by atoms with E-state index in [1.807, 2.05) is 44.2 Å². The molecule has 2 rings (SSSR count). The number of piperazine rings is 1. The first-order valence-electron chi connectivity index (χ1n) is 8.14. The third-order valence-corrected chi connectivity index (χ3v) is 4.37. The summed E-state index contributed by atoms with van der Waals surface area (Å²) < 4.78 is 0. The van der Waals surface area contributed by atoms with Gasteiger partial charge in [-0.05, 0) is 11.5 Å². The number of benzene rings is 1. The highest BCUT2D eigenvalue weighted by Crippen LogP contribution is 2.16. The van der Waals surface area contributed by atoms with E-state index in [-0.39, 0.29) is 24.3 Å². The molecule has 0 aliphatic carbocycles. The Morgan fingerprint density at radius 3 is 2.65 bits per heavy atom. The molecule has 0 radical (unpaired) electrons. The quantitative estimate of drug-likeness (QED) is 0.897. The Balaban J connectivity index is 1.93. The van der Waals surface area contributed by atoms with Gasteiger partial charge in [-0.2, -0.15) is 5.26 Å². The first-order valence-corrected chi connectivity index (χ1v) is 8.14. The third kappa shape index (κ3) is 4.78. The van der Waals surface area contributed by atoms with E-state index >= 15 is 0 Å². The van der Waals surface area contributed by atoms with Gasteiger partial charge in [0, 0.05) is 26.2 Å². The van der Waals surface area contributed by atoms with Crippen molar-refractivity contribution in [1.29, 1.82) is 5.26 Å². The Morgan fingerprint density at radius 1 is 1.35 bits per heavy atom. The Bertz CT molecular complexity index is 553. The van der Waals surface area contributed by atoms with E-state index in [9.17, 15) is 15.2 Å². The highest BCUT2D eigenvalue weighted by molar-refractivity contribution is 5.77. The van der Waals surface area contributed by atoms with Crippen LogP contribution in [0.4, 0.5) is 0 Å². The summed E-state index contributed by atoms with van der Waals surface area (Å²) in [6.07, 6.45) is -0.487. The molecule has 1 aromatic rings. The Hall–Kier alpha value is -1.90. The predicted octanol–water partition coefficient (Wildman–Crippen LogP) is 1.63. The van der Waals surface area contributed by atoms with E-state index in [1.165, 1.54) is 5.56 Å². The zero-order valence-electron chi connectivity index (χ0n) is 13.9. The summed E-state index contributed by atoms with van der Waals surface area (Å²) in [7, 11) is 0. The molecule has 0 bridgehead atoms. The molecule has 1 aliphatic heterocycles. The van der Waals surface area contributed by atoms with Crippen LogP contribution >= 0.6 is 0 Å². The number of rotatable bonds is 5. The number of nitriles is 1. The van der Waals surface area contributed by atoms with Crippen LogP contribution in [0, 0.1) is 17.2 Å². The first-order chi connectivity index (χ1) is 11.0. The minimum absolute atomic E-state index is 0.0603. The fourth-order valence-electron chi connectivity index (χ4n) is 2.72. The van der Waals surface area contributed by atoms with E-state index < -0.39 is 6.10 Å². The van der Waals surface area contributed by atoms with Crippen LogP contribution in [-0.4, -0.2) is 52.6 Å². The maximum atomic E-state index is 12.3. The van der Waals surface area contributed by atoms with Crippen molar-refractivity contribution in [2.24, 2.45) is 5.92 Å². The molecule has 5 heteroatoms. The van der Waals surface area contributed by atoms with Crippen LogP contribution in [0.1, 0.15) is 25.8 Å². The second-order valence-corrected chi connectivity index (χ2v) is 6.46. The summed E-state index contributed by atoms with van der Waals surface area (Å²) >= 11 is 0. The minimum Gasteiger partial charge on any atom is -0.392 e. The molecular formula is C18H25N3O2. The van der Waals surface area contributed by atoms with Gasteiger partial charge in [0.1, 0.15) is 6.04 Å². The monoisotopic (exact) mass is 315 g/mol. The van der Waals surface area contributed by atoms with Crippen molar-refractivity contribution < 1.29 is 9.90 Å². The molecule has 1 amide bonds. The summed E-state index contributed by atoms with van der Waals surface area (Å²) in [5, 5.41) is 19.3. The molecule has 5 nitrogen and oxygen atoms in total. The maximum absolute atomic E-state index is 12.3. The van der Waals surface area contributed by atoms with Crippen LogP contribution in [0.5, 0.6) is 0 Å². The molecule has 1 saturated heterocycles. The van der Waals surface area contributed by atoms with Crippen molar-refractivity contribution in [3.63, 3.8) is 0 Å². The number of amides is 1. The molecule has 0 spiro atoms. The van der Waals surface area contributed by atoms with Gasteiger partial charge in [0.2, 0.25) is 5.91 Å². The van der Waals surface area contributed by atoms with Crippen LogP contribution in [-0.2, 0) is 11.3 Å². The third-order valence-electron chi connectivity index (χ3n) is 4.37. The van der Waals surface area contributed by atoms with E-state index in [2.05, 4.69) is 11.0 Å². The number of hydrogen-bond donors (Lipinski definition) is 1. The van der Waals surface area contributed by atoms with Gasteiger partial charge >= 0.3 is 0 Å². The average Bonchev–Trinajstić information content (AvgIpc) is 2.55. The Labute approximate surface area is 138 Å². The van der Waals surface area contributed by atoms with Crippen molar-refractivity contribution in [3.05, 3.63) is 35.9 Å². The average molecular weight is 315 g/mol. The van der Waals surface area contributed by atoms with E-state index in [4.69, 9.17) is 0 Å². The summed E-state index contributed by atoms with van der Waals surface area (Å²) in [4.78, 5) is 16.1. The van der Waals surface area contributed by atoms with Crippen LogP contribution in [0.15, 0.2) is 30.3 Å². The predicted molar refractivity (Wildman–Crippen MR) is 88.3 cm³/mol. The molecule has 1 heterocycles. The van der Waals surface area contributed by atoms with Crippen LogP contribution in [0.3, 0.4) is 0 Å². The van der Waals surface area contributed by atoms with Crippen molar-refractivity contribution in [1.82, 2.24) is 9.80 Å². The normalized spacial score (nSPS) is 20.3. The van der Waals surface area contributed by atoms with Gasteiger partial charge in [0.15, 0.2) is 0 Å². The molecule has 1 fully saturated rings. The van der Waals surface area contributed by atoms with Gasteiger partial charge in [-0.15, -0.1) is 0 Å². The van der Waals surface area contributed by atoms with Gasteiger partial charge in [-0.3, -0.25) is 9.69 Å². The molecule has 124 valence electrons. The van der Waals surface area contributed by atoms with Gasteiger partial charge in [-0.1, -0.05) is 44.2 Å². The lowest BCUT2D eigenvalue weighted by Crippen LogP contribution is -2.54. The van der Waals surface area contributed by atoms with Gasteiger partial charge in [0.05, 0.1) is 18.6 Å². The van der Waals surface area contributed by atoms with Crippen molar-refractivity contribution >= 4 is 5.91 Å². The highest BCUT2D eigenvalue weighted by atomic mass is 16.3. The summed E-state index contributed by atoms with van der Waals surface area (Å²) in [6.45, 7) is 6.20. The van der Waals surface area contributed by atoms with Crippen LogP contribution in [0.2, 0.25) is 0 Å². The largest absolute Gasteiger partial charge is 0.392 e. The first kappa shape index (κ1) is 17.5. The van der Waals surface area contributed by atoms with E-state index in [0.29, 0.717) is 19.6 Å². The minimum atomic E-state index is -0.620. The van der Waals surface area contributed by atoms with Gasteiger partial charge in [-0.25, -0.2) is 0 Å². The van der Waals surface area contributed by atoms with Crippen molar-refractivity contribution in [3.8, 4) is 6.07 Å². The number of hydrogen-bond acceptors (Lipinski definition) is 4. The lowest BCUT2D eigenvalue weighted by molar-refractivity contribution is -0.136. The number of carbonyl (C=O) groups is 1. The highest BCUT2D eigenvalue weighted by Gasteiger charge is 2.30. The number of carbonyl (C=O) groups excluding carboxylic acids is 1. The summed E-state index contributed by atoms with van der Waals surface area (Å²) in [6, 6.07) is 12.1. The lowest BCUT2D eigenvalue weighted by Gasteiger charge is -2.38. The lowest BCUT2D eigenvalue weighted by atomic mass is 10.0. The molecule has 23 heavy (non-hydrogen) atoms. The Morgan fingerprint density at radius 2 is 2.04 bits per heavy atom. The van der Waals surface area contributed by atoms with Crippen LogP contribution < -0.4 is 0 Å². The number of aliphatic hydroxyl groups is 1. The van der Waals surface area contributed by atoms with Gasteiger partial charge < -0.3 is 10.0 Å². The summed E-state index contributed by atoms with van der Waals surface area (Å²) in [5.41, 5.74) is 1.17. The molecule has 0 saturated carbocycles. The van der Waals surface area contributed by atoms with E-state index in [1.54, 1.807) is 4.90 Å². The summed E-state index contributed by atoms with van der Waals surface area (Å²) in [5.74, 6) is -0.00380. The Kier molecular flexibility index (Phi) is 6.14. The second kappa shape index (κ2) is 8.09. The molecular weight excluding hydrogens is 290 g/mol. The molecule has 2 atom stereocenters. The van der Waals surface area contributed by atoms with Crippen LogP contribution in [0.25, 0.3) is 0 Å². The number of nitrogens with zero attached hydrogens (tertiary/aromatic N) is 3. The topological polar surface area (TPSA) is 67.6 Å². The number of aliphatic hydroxyl groups excluding tert-OH is 1. The van der Waals surface area contributed by atoms with E-state index in [0.717, 1.165) is 6.54 Å². The fourth-order valence-corrected chi connectivity index (χ4v) is 2.72. The SMILES string of the molecule is CC(C)C(O)CC(=O)N1CCN(Cc2ccccc2)C(C#N)C1.